The van der Waals surface area contributed by atoms with Crippen molar-refractivity contribution in [3.63, 3.8) is 0 Å². The number of hydrogen-bond donors (Lipinski definition) is 1. The molecule has 0 aromatic heterocycles. The third-order valence-electron chi connectivity index (χ3n) is 7.37. The fourth-order valence-corrected chi connectivity index (χ4v) is 7.14. The Bertz CT molecular complexity index is 991. The van der Waals surface area contributed by atoms with Gasteiger partial charge in [0.1, 0.15) is 0 Å². The van der Waals surface area contributed by atoms with Crippen LogP contribution in [0.15, 0.2) is 59.3 Å². The molecule has 2 nitrogen and oxygen atoms in total. The summed E-state index contributed by atoms with van der Waals surface area (Å²) in [5.74, 6) is 0.566. The Morgan fingerprint density at radius 2 is 1.74 bits per heavy atom. The van der Waals surface area contributed by atoms with Crippen molar-refractivity contribution in [3.8, 4) is 0 Å². The van der Waals surface area contributed by atoms with E-state index in [2.05, 4.69) is 64.8 Å². The summed E-state index contributed by atoms with van der Waals surface area (Å²) in [6.45, 7) is 20.2. The highest BCUT2D eigenvalue weighted by molar-refractivity contribution is 8.13. The van der Waals surface area contributed by atoms with E-state index in [0.717, 1.165) is 48.3 Å². The van der Waals surface area contributed by atoms with Gasteiger partial charge in [0.05, 0.1) is 10.3 Å². The van der Waals surface area contributed by atoms with Crippen molar-refractivity contribution in [3.05, 3.63) is 81.6 Å². The number of thioether (sulfide) groups is 1. The molecule has 4 heteroatoms. The van der Waals surface area contributed by atoms with Gasteiger partial charge in [-0.3, -0.25) is 4.79 Å². The molecule has 0 radical (unpaired) electrons. The number of aryl methyl sites for hydroxylation is 3. The molecule has 1 aliphatic heterocycles. The van der Waals surface area contributed by atoms with E-state index in [-0.39, 0.29) is 4.58 Å². The van der Waals surface area contributed by atoms with Crippen LogP contribution in [0.4, 0.5) is 0 Å². The van der Waals surface area contributed by atoms with Gasteiger partial charge in [0.2, 0.25) is 0 Å². The predicted octanol–water partition coefficient (Wildman–Crippen LogP) is 10.7. The summed E-state index contributed by atoms with van der Waals surface area (Å²) in [5.41, 5.74) is 9.32. The third kappa shape index (κ3) is 11.0. The predicted molar refractivity (Wildman–Crippen MR) is 180 cm³/mol. The van der Waals surface area contributed by atoms with Crippen molar-refractivity contribution in [2.45, 2.75) is 123 Å². The fraction of sp³-hybridized carbons (Fsp3) is 0.571. The molecular formula is C35H55NOS2. The number of nitrogens with zero attached hydrogens (tertiary/aromatic N) is 1. The molecule has 218 valence electrons. The van der Waals surface area contributed by atoms with Crippen molar-refractivity contribution in [2.24, 2.45) is 0 Å². The van der Waals surface area contributed by atoms with Gasteiger partial charge in [0, 0.05) is 23.6 Å². The van der Waals surface area contributed by atoms with Crippen LogP contribution in [-0.2, 0) is 17.6 Å². The second kappa shape index (κ2) is 19.4. The Hall–Kier alpha value is -1.65. The lowest BCUT2D eigenvalue weighted by Crippen LogP contribution is -2.27. The number of likely N-dealkylation sites (N-methyl/N-ethyl adjacent to an activating group) is 1. The average molecular weight is 570 g/mol. The van der Waals surface area contributed by atoms with E-state index >= 15 is 0 Å². The second-order valence-corrected chi connectivity index (χ2v) is 12.6. The topological polar surface area (TPSA) is 20.3 Å². The number of rotatable bonds is 11. The number of aldehydes is 1. The molecule has 1 aromatic carbocycles. The molecular weight excluding hydrogens is 515 g/mol. The molecule has 39 heavy (non-hydrogen) atoms. The number of hydrogen-bond acceptors (Lipinski definition) is 4. The number of benzene rings is 1. The zero-order valence-corrected chi connectivity index (χ0v) is 27.7. The summed E-state index contributed by atoms with van der Waals surface area (Å²) in [5, 5.41) is 0. The quantitative estimate of drug-likeness (QED) is 0.124. The summed E-state index contributed by atoms with van der Waals surface area (Å²) in [6, 6.07) is 4.98. The summed E-state index contributed by atoms with van der Waals surface area (Å²) in [7, 11) is 1.92. The van der Waals surface area contributed by atoms with Crippen molar-refractivity contribution in [1.82, 2.24) is 4.90 Å². The normalized spacial score (nSPS) is 18.9. The SMILES string of the molecule is C=C1C(S)SC(CCCCc2cc(CCCCC)cc(C)c2C2C=C(C)CCC2)=C(C=O)N1C.C=CC.CC. The summed E-state index contributed by atoms with van der Waals surface area (Å²) >= 11 is 6.34. The Morgan fingerprint density at radius 3 is 2.36 bits per heavy atom. The van der Waals surface area contributed by atoms with Gasteiger partial charge >= 0.3 is 0 Å². The van der Waals surface area contributed by atoms with Crippen molar-refractivity contribution < 1.29 is 4.79 Å². The molecule has 1 aliphatic carbocycles. The van der Waals surface area contributed by atoms with Crippen LogP contribution in [0.1, 0.15) is 121 Å². The monoisotopic (exact) mass is 569 g/mol. The van der Waals surface area contributed by atoms with E-state index in [0.29, 0.717) is 5.92 Å². The minimum absolute atomic E-state index is 0.0269. The van der Waals surface area contributed by atoms with Crippen LogP contribution in [0, 0.1) is 6.92 Å². The molecule has 1 heterocycles. The van der Waals surface area contributed by atoms with E-state index in [1.54, 1.807) is 34.5 Å². The number of carbonyl (C=O) groups excluding carboxylic acids is 1. The first kappa shape index (κ1) is 35.4. The first-order chi connectivity index (χ1) is 18.8. The maximum absolute atomic E-state index is 11.7. The Morgan fingerprint density at radius 1 is 1.10 bits per heavy atom. The van der Waals surface area contributed by atoms with Gasteiger partial charge in [-0.2, -0.15) is 12.6 Å². The standard InChI is InChI=1S/C30H43NOS2.C3H6.C2H6/c1-6-7-8-13-24-18-22(3)29(25-15-11-12-21(2)17-25)26(19-24)14-9-10-16-28-27(20-32)31(5)23(4)30(33)34-28;1-3-2;1-2/h17-20,25,30,33H,4,6-16H2,1-3,5H3;3H,1H2,2H3;1-2H3. The van der Waals surface area contributed by atoms with Crippen LogP contribution in [0.3, 0.4) is 0 Å². The maximum atomic E-state index is 11.7. The summed E-state index contributed by atoms with van der Waals surface area (Å²) in [4.78, 5) is 14.8. The van der Waals surface area contributed by atoms with Crippen molar-refractivity contribution in [1.29, 1.82) is 0 Å². The van der Waals surface area contributed by atoms with E-state index in [1.165, 1.54) is 56.1 Å². The van der Waals surface area contributed by atoms with Gasteiger partial charge in [0.25, 0.3) is 0 Å². The van der Waals surface area contributed by atoms with Crippen molar-refractivity contribution >= 4 is 30.7 Å². The summed E-state index contributed by atoms with van der Waals surface area (Å²) < 4.78 is 0.0269. The molecule has 2 unspecified atom stereocenters. The molecule has 3 rings (SSSR count). The fourth-order valence-electron chi connectivity index (χ4n) is 5.46. The van der Waals surface area contributed by atoms with E-state index in [4.69, 9.17) is 0 Å². The highest BCUT2D eigenvalue weighted by Gasteiger charge is 2.26. The van der Waals surface area contributed by atoms with Crippen LogP contribution in [-0.4, -0.2) is 22.8 Å². The molecule has 0 saturated heterocycles. The number of thiol groups is 1. The molecule has 0 saturated carbocycles. The van der Waals surface area contributed by atoms with Gasteiger partial charge in [-0.25, -0.2) is 0 Å². The lowest BCUT2D eigenvalue weighted by atomic mass is 9.80. The number of unbranched alkanes of at least 4 members (excludes halogenated alkanes) is 3. The molecule has 0 spiro atoms. The molecule has 0 N–H and O–H groups in total. The van der Waals surface area contributed by atoms with E-state index < -0.39 is 0 Å². The van der Waals surface area contributed by atoms with Gasteiger partial charge in [-0.1, -0.05) is 70.0 Å². The van der Waals surface area contributed by atoms with Crippen LogP contribution >= 0.6 is 24.4 Å². The Balaban J connectivity index is 0.00000142. The Kier molecular flexibility index (Phi) is 17.6. The minimum atomic E-state index is 0.0269. The Labute approximate surface area is 250 Å². The van der Waals surface area contributed by atoms with Gasteiger partial charge in [-0.05, 0) is 101 Å². The second-order valence-electron chi connectivity index (χ2n) is 10.5. The average Bonchev–Trinajstić information content (AvgIpc) is 2.91. The molecule has 1 aromatic rings. The molecule has 2 atom stereocenters. The van der Waals surface area contributed by atoms with Crippen molar-refractivity contribution in [2.75, 3.05) is 7.05 Å². The van der Waals surface area contributed by atoms with Crippen LogP contribution in [0.25, 0.3) is 0 Å². The maximum Gasteiger partial charge on any atom is 0.167 e. The smallest absolute Gasteiger partial charge is 0.167 e. The van der Waals surface area contributed by atoms with Crippen LogP contribution < -0.4 is 0 Å². The molecule has 0 amide bonds. The first-order valence-corrected chi connectivity index (χ1v) is 16.5. The van der Waals surface area contributed by atoms with Gasteiger partial charge in [0.15, 0.2) is 6.29 Å². The zero-order chi connectivity index (χ0) is 29.4. The molecule has 2 aliphatic rings. The molecule has 0 bridgehead atoms. The zero-order valence-electron chi connectivity index (χ0n) is 25.9. The molecule has 0 fully saturated rings. The lowest BCUT2D eigenvalue weighted by molar-refractivity contribution is -0.106. The number of carbonyl (C=O) groups is 1. The highest BCUT2D eigenvalue weighted by atomic mass is 32.2. The van der Waals surface area contributed by atoms with Crippen LogP contribution in [0.2, 0.25) is 0 Å². The number of allylic oxidation sites excluding steroid dienone is 5. The lowest BCUT2D eigenvalue weighted by Gasteiger charge is -2.33. The van der Waals surface area contributed by atoms with E-state index in [9.17, 15) is 4.79 Å². The largest absolute Gasteiger partial charge is 0.344 e. The van der Waals surface area contributed by atoms with E-state index in [1.807, 2.05) is 32.7 Å². The van der Waals surface area contributed by atoms with Gasteiger partial charge in [-0.15, -0.1) is 18.3 Å². The third-order valence-corrected chi connectivity index (χ3v) is 9.18. The first-order valence-electron chi connectivity index (χ1n) is 15.1. The minimum Gasteiger partial charge on any atom is -0.344 e. The summed E-state index contributed by atoms with van der Waals surface area (Å²) in [6.07, 6.45) is 18.4. The highest BCUT2D eigenvalue weighted by Crippen LogP contribution is 2.41. The van der Waals surface area contributed by atoms with Gasteiger partial charge < -0.3 is 4.90 Å². The van der Waals surface area contributed by atoms with Crippen LogP contribution in [0.5, 0.6) is 0 Å².